The predicted octanol–water partition coefficient (Wildman–Crippen LogP) is 4.15. The van der Waals surface area contributed by atoms with Gasteiger partial charge in [-0.1, -0.05) is 42.1 Å². The van der Waals surface area contributed by atoms with Crippen molar-refractivity contribution in [3.8, 4) is 0 Å². The van der Waals surface area contributed by atoms with Gasteiger partial charge in [0.15, 0.2) is 0 Å². The normalized spacial score (nSPS) is 11.1. The van der Waals surface area contributed by atoms with Crippen LogP contribution in [-0.2, 0) is 0 Å². The zero-order valence-electron chi connectivity index (χ0n) is 7.28. The van der Waals surface area contributed by atoms with Crippen molar-refractivity contribution in [2.75, 3.05) is 0 Å². The molecule has 2 aromatic carbocycles. The van der Waals surface area contributed by atoms with Crippen molar-refractivity contribution in [2.45, 2.75) is 10.7 Å². The van der Waals surface area contributed by atoms with Crippen LogP contribution in [0.5, 0.6) is 0 Å². The van der Waals surface area contributed by atoms with Crippen LogP contribution in [0.25, 0.3) is 10.8 Å². The summed E-state index contributed by atoms with van der Waals surface area (Å²) in [5.74, 6) is -2.35. The van der Waals surface area contributed by atoms with Crippen molar-refractivity contribution in [2.24, 2.45) is 0 Å². The first-order valence-electron chi connectivity index (χ1n) is 4.19. The van der Waals surface area contributed by atoms with E-state index >= 15 is 0 Å². The second-order valence-electron chi connectivity index (χ2n) is 2.89. The first-order valence-corrected chi connectivity index (χ1v) is 5.07. The Labute approximate surface area is 84.9 Å². The average Bonchev–Trinajstić information content (AvgIpc) is 2.17. The zero-order chi connectivity index (χ0) is 9.97. The Kier molecular flexibility index (Phi) is 2.68. The summed E-state index contributed by atoms with van der Waals surface area (Å²) in [5, 5.41) is 2.07. The van der Waals surface area contributed by atoms with E-state index < -0.39 is 5.76 Å². The van der Waals surface area contributed by atoms with Gasteiger partial charge in [0, 0.05) is 4.90 Å². The Bertz CT molecular complexity index is 440. The molecule has 2 rings (SSSR count). The van der Waals surface area contributed by atoms with Crippen LogP contribution in [0.4, 0.5) is 8.78 Å². The molecule has 0 heterocycles. The topological polar surface area (TPSA) is 0 Å². The van der Waals surface area contributed by atoms with Gasteiger partial charge in [0.1, 0.15) is 0 Å². The van der Waals surface area contributed by atoms with E-state index in [0.717, 1.165) is 10.8 Å². The predicted molar refractivity (Wildman–Crippen MR) is 55.8 cm³/mol. The maximum absolute atomic E-state index is 12.1. The van der Waals surface area contributed by atoms with Gasteiger partial charge in [0.2, 0.25) is 0 Å². The number of hydrogen-bond donors (Lipinski definition) is 0. The maximum Gasteiger partial charge on any atom is 0.288 e. The molecule has 0 fully saturated rings. The minimum atomic E-state index is -2.35. The van der Waals surface area contributed by atoms with Gasteiger partial charge in [0.25, 0.3) is 5.76 Å². The molecule has 0 nitrogen and oxygen atoms in total. The van der Waals surface area contributed by atoms with Crippen LogP contribution in [0.15, 0.2) is 47.4 Å². The molecule has 0 aliphatic rings. The number of alkyl halides is 2. The van der Waals surface area contributed by atoms with Gasteiger partial charge in [-0.2, -0.15) is 8.78 Å². The first-order chi connectivity index (χ1) is 6.75. The minimum Gasteiger partial charge on any atom is -0.198 e. The van der Waals surface area contributed by atoms with Gasteiger partial charge >= 0.3 is 0 Å². The molecule has 3 heteroatoms. The van der Waals surface area contributed by atoms with E-state index in [9.17, 15) is 8.78 Å². The molecule has 0 bridgehead atoms. The Morgan fingerprint density at radius 1 is 0.929 bits per heavy atom. The molecule has 0 aliphatic carbocycles. The van der Waals surface area contributed by atoms with Crippen molar-refractivity contribution in [1.82, 2.24) is 0 Å². The summed E-state index contributed by atoms with van der Waals surface area (Å²) >= 11 is 0.580. The summed E-state index contributed by atoms with van der Waals surface area (Å²) in [6.45, 7) is 0. The smallest absolute Gasteiger partial charge is 0.198 e. The van der Waals surface area contributed by atoms with Gasteiger partial charge in [0.05, 0.1) is 0 Å². The van der Waals surface area contributed by atoms with E-state index in [-0.39, 0.29) is 0 Å². The average molecular weight is 210 g/mol. The molecule has 0 amide bonds. The van der Waals surface area contributed by atoms with E-state index in [2.05, 4.69) is 0 Å². The second kappa shape index (κ2) is 3.96. The summed E-state index contributed by atoms with van der Waals surface area (Å²) in [4.78, 5) is 0.610. The Morgan fingerprint density at radius 2 is 1.64 bits per heavy atom. The highest BCUT2D eigenvalue weighted by Gasteiger charge is 2.04. The zero-order valence-corrected chi connectivity index (χ0v) is 8.10. The number of fused-ring (bicyclic) bond motifs is 1. The number of benzene rings is 2. The third-order valence-corrected chi connectivity index (χ3v) is 2.65. The summed E-state index contributed by atoms with van der Waals surface area (Å²) < 4.78 is 24.2. The van der Waals surface area contributed by atoms with Gasteiger partial charge in [-0.05, 0) is 22.9 Å². The third-order valence-electron chi connectivity index (χ3n) is 1.95. The lowest BCUT2D eigenvalue weighted by molar-refractivity contribution is 0.252. The molecule has 14 heavy (non-hydrogen) atoms. The van der Waals surface area contributed by atoms with Gasteiger partial charge in [-0.25, -0.2) is 0 Å². The van der Waals surface area contributed by atoms with Crippen molar-refractivity contribution < 1.29 is 8.78 Å². The highest BCUT2D eigenvalue weighted by molar-refractivity contribution is 7.99. The van der Waals surface area contributed by atoms with E-state index in [1.807, 2.05) is 30.3 Å². The molecule has 0 aromatic heterocycles. The van der Waals surface area contributed by atoms with E-state index in [4.69, 9.17) is 0 Å². The number of rotatable bonds is 2. The standard InChI is InChI=1S/C11H8F2S/c12-11(13)14-10-6-5-8-3-1-2-4-9(8)7-10/h1-7,11H. The van der Waals surface area contributed by atoms with Crippen molar-refractivity contribution in [3.63, 3.8) is 0 Å². The molecule has 0 spiro atoms. The molecule has 72 valence electrons. The van der Waals surface area contributed by atoms with Crippen LogP contribution in [0.2, 0.25) is 0 Å². The molecule has 0 radical (unpaired) electrons. The summed E-state index contributed by atoms with van der Waals surface area (Å²) in [7, 11) is 0. The summed E-state index contributed by atoms with van der Waals surface area (Å²) in [5.41, 5.74) is 0. The van der Waals surface area contributed by atoms with E-state index in [1.165, 1.54) is 0 Å². The largest absolute Gasteiger partial charge is 0.288 e. The summed E-state index contributed by atoms with van der Waals surface area (Å²) in [6.07, 6.45) is 0. The van der Waals surface area contributed by atoms with Gasteiger partial charge in [-0.3, -0.25) is 0 Å². The fraction of sp³-hybridized carbons (Fsp3) is 0.0909. The minimum absolute atomic E-state index is 0.580. The number of hydrogen-bond acceptors (Lipinski definition) is 1. The van der Waals surface area contributed by atoms with Crippen LogP contribution in [0.1, 0.15) is 0 Å². The van der Waals surface area contributed by atoms with E-state index in [0.29, 0.717) is 16.7 Å². The molecule has 0 unspecified atom stereocenters. The highest BCUT2D eigenvalue weighted by atomic mass is 32.2. The fourth-order valence-electron chi connectivity index (χ4n) is 1.34. The maximum atomic E-state index is 12.1. The number of halogens is 2. The second-order valence-corrected chi connectivity index (χ2v) is 3.95. The SMILES string of the molecule is FC(F)Sc1ccc2ccccc2c1. The molecule has 0 aliphatic heterocycles. The molecule has 0 atom stereocenters. The first kappa shape index (κ1) is 9.46. The molecular formula is C11H8F2S. The van der Waals surface area contributed by atoms with Crippen LogP contribution in [-0.4, -0.2) is 5.76 Å². The Balaban J connectivity index is 2.41. The van der Waals surface area contributed by atoms with Gasteiger partial charge in [-0.15, -0.1) is 0 Å². The quantitative estimate of drug-likeness (QED) is 0.671. The number of thioether (sulfide) groups is 1. The third kappa shape index (κ3) is 2.04. The monoisotopic (exact) mass is 210 g/mol. The van der Waals surface area contributed by atoms with Crippen LogP contribution < -0.4 is 0 Å². The van der Waals surface area contributed by atoms with Crippen LogP contribution in [0.3, 0.4) is 0 Å². The fourth-order valence-corrected chi connectivity index (χ4v) is 1.89. The lowest BCUT2D eigenvalue weighted by Crippen LogP contribution is -1.81. The Morgan fingerprint density at radius 3 is 2.36 bits per heavy atom. The Hall–Kier alpha value is -1.09. The van der Waals surface area contributed by atoms with Crippen LogP contribution >= 0.6 is 11.8 Å². The highest BCUT2D eigenvalue weighted by Crippen LogP contribution is 2.27. The molecular weight excluding hydrogens is 202 g/mol. The van der Waals surface area contributed by atoms with Crippen LogP contribution in [0, 0.1) is 0 Å². The molecule has 0 N–H and O–H groups in total. The van der Waals surface area contributed by atoms with Crippen molar-refractivity contribution in [1.29, 1.82) is 0 Å². The van der Waals surface area contributed by atoms with Crippen molar-refractivity contribution >= 4 is 22.5 Å². The lowest BCUT2D eigenvalue weighted by Gasteiger charge is -2.02. The molecule has 2 aromatic rings. The van der Waals surface area contributed by atoms with E-state index in [1.54, 1.807) is 12.1 Å². The van der Waals surface area contributed by atoms with Gasteiger partial charge < -0.3 is 0 Å². The lowest BCUT2D eigenvalue weighted by atomic mass is 10.1. The molecule has 0 saturated carbocycles. The molecule has 0 saturated heterocycles. The summed E-state index contributed by atoms with van der Waals surface area (Å²) in [6, 6.07) is 13.1. The van der Waals surface area contributed by atoms with Crippen molar-refractivity contribution in [3.05, 3.63) is 42.5 Å².